The number of rotatable bonds is 5. The van der Waals surface area contributed by atoms with Crippen LogP contribution in [0.15, 0.2) is 41.3 Å². The molecule has 0 amide bonds. The summed E-state index contributed by atoms with van der Waals surface area (Å²) in [5, 5.41) is 12.3. The van der Waals surface area contributed by atoms with Gasteiger partial charge in [0, 0.05) is 10.4 Å². The summed E-state index contributed by atoms with van der Waals surface area (Å²) in [7, 11) is 1.63. The molecular weight excluding hydrogens is 280 g/mol. The minimum Gasteiger partial charge on any atom is -0.507 e. The lowest BCUT2D eigenvalue weighted by molar-refractivity contribution is 0.401. The lowest BCUT2D eigenvalue weighted by Crippen LogP contribution is -1.93. The Balaban J connectivity index is 2.29. The van der Waals surface area contributed by atoms with Crippen molar-refractivity contribution in [1.29, 1.82) is 0 Å². The van der Waals surface area contributed by atoms with E-state index in [1.165, 1.54) is 10.5 Å². The van der Waals surface area contributed by atoms with Crippen molar-refractivity contribution < 1.29 is 9.84 Å². The van der Waals surface area contributed by atoms with Gasteiger partial charge in [0.2, 0.25) is 0 Å². The van der Waals surface area contributed by atoms with E-state index in [0.29, 0.717) is 6.42 Å². The van der Waals surface area contributed by atoms with Gasteiger partial charge in [-0.25, -0.2) is 0 Å². The third-order valence-electron chi connectivity index (χ3n) is 3.13. The normalized spacial score (nSPS) is 10.8. The molecule has 3 heteroatoms. The molecule has 0 spiro atoms. The highest BCUT2D eigenvalue weighted by Gasteiger charge is 2.09. The van der Waals surface area contributed by atoms with Crippen molar-refractivity contribution in [2.45, 2.75) is 20.3 Å². The van der Waals surface area contributed by atoms with Crippen LogP contribution in [0.25, 0.3) is 12.2 Å². The predicted octanol–water partition coefficient (Wildman–Crippen LogP) is 5.14. The summed E-state index contributed by atoms with van der Waals surface area (Å²) in [6, 6.07) is 7.81. The summed E-state index contributed by atoms with van der Waals surface area (Å²) >= 11 is 1.68. The van der Waals surface area contributed by atoms with Gasteiger partial charge >= 0.3 is 0 Å². The van der Waals surface area contributed by atoms with Crippen molar-refractivity contribution in [3.8, 4) is 11.5 Å². The number of benzene rings is 1. The van der Waals surface area contributed by atoms with Crippen LogP contribution in [0, 0.1) is 0 Å². The SMILES string of the molecule is COc1cc(C=Cc2cccs2)cc(O)c1CC=C(C)C. The summed E-state index contributed by atoms with van der Waals surface area (Å²) in [6.45, 7) is 4.09. The molecule has 0 atom stereocenters. The second-order valence-corrected chi connectivity index (χ2v) is 6.03. The average Bonchev–Trinajstić information content (AvgIpc) is 2.96. The van der Waals surface area contributed by atoms with E-state index >= 15 is 0 Å². The van der Waals surface area contributed by atoms with Crippen molar-refractivity contribution in [3.63, 3.8) is 0 Å². The number of thiophene rings is 1. The maximum absolute atomic E-state index is 10.2. The number of allylic oxidation sites excluding steroid dienone is 2. The molecule has 0 saturated heterocycles. The maximum atomic E-state index is 10.2. The molecule has 0 fully saturated rings. The Morgan fingerprint density at radius 3 is 2.71 bits per heavy atom. The molecule has 2 rings (SSSR count). The Morgan fingerprint density at radius 2 is 2.10 bits per heavy atom. The molecule has 2 aromatic rings. The molecule has 0 saturated carbocycles. The standard InChI is InChI=1S/C18H20O2S/c1-13(2)6-9-16-17(19)11-14(12-18(16)20-3)7-8-15-5-4-10-21-15/h4-8,10-12,19H,9H2,1-3H3. The van der Waals surface area contributed by atoms with Gasteiger partial charge in [0.1, 0.15) is 11.5 Å². The molecule has 110 valence electrons. The van der Waals surface area contributed by atoms with Gasteiger partial charge in [0.25, 0.3) is 0 Å². The maximum Gasteiger partial charge on any atom is 0.126 e. The number of aromatic hydroxyl groups is 1. The molecule has 21 heavy (non-hydrogen) atoms. The first-order chi connectivity index (χ1) is 10.1. The first kappa shape index (κ1) is 15.4. The van der Waals surface area contributed by atoms with E-state index in [2.05, 4.69) is 12.1 Å². The quantitative estimate of drug-likeness (QED) is 0.775. The van der Waals surface area contributed by atoms with E-state index in [0.717, 1.165) is 16.9 Å². The topological polar surface area (TPSA) is 29.5 Å². The van der Waals surface area contributed by atoms with E-state index in [1.54, 1.807) is 24.5 Å². The van der Waals surface area contributed by atoms with Crippen molar-refractivity contribution in [2.75, 3.05) is 7.11 Å². The highest BCUT2D eigenvalue weighted by molar-refractivity contribution is 7.10. The summed E-state index contributed by atoms with van der Waals surface area (Å²) in [5.74, 6) is 0.996. The summed E-state index contributed by atoms with van der Waals surface area (Å²) in [5.41, 5.74) is 2.98. The number of methoxy groups -OCH3 is 1. The fourth-order valence-corrected chi connectivity index (χ4v) is 2.62. The number of phenols is 1. The van der Waals surface area contributed by atoms with Gasteiger partial charge in [0.15, 0.2) is 0 Å². The molecule has 0 unspecified atom stereocenters. The third kappa shape index (κ3) is 4.23. The number of ether oxygens (including phenoxy) is 1. The molecular formula is C18H20O2S. The van der Waals surface area contributed by atoms with Crippen LogP contribution in [0.1, 0.15) is 29.9 Å². The second-order valence-electron chi connectivity index (χ2n) is 5.06. The molecule has 1 aromatic heterocycles. The van der Waals surface area contributed by atoms with Crippen LogP contribution in [-0.4, -0.2) is 12.2 Å². The highest BCUT2D eigenvalue weighted by atomic mass is 32.1. The van der Waals surface area contributed by atoms with Crippen LogP contribution in [0.5, 0.6) is 11.5 Å². The van der Waals surface area contributed by atoms with E-state index in [-0.39, 0.29) is 5.75 Å². The minimum absolute atomic E-state index is 0.276. The molecule has 1 aromatic carbocycles. The largest absolute Gasteiger partial charge is 0.507 e. The second kappa shape index (κ2) is 7.14. The van der Waals surface area contributed by atoms with E-state index in [9.17, 15) is 5.11 Å². The molecule has 1 N–H and O–H groups in total. The van der Waals surface area contributed by atoms with E-state index in [1.807, 2.05) is 43.5 Å². The third-order valence-corrected chi connectivity index (χ3v) is 3.96. The van der Waals surface area contributed by atoms with Gasteiger partial charge < -0.3 is 9.84 Å². The summed E-state index contributed by atoms with van der Waals surface area (Å²) in [6.07, 6.45) is 6.78. The van der Waals surface area contributed by atoms with Crippen LogP contribution < -0.4 is 4.74 Å². The van der Waals surface area contributed by atoms with Crippen LogP contribution in [-0.2, 0) is 6.42 Å². The van der Waals surface area contributed by atoms with Gasteiger partial charge in [-0.3, -0.25) is 0 Å². The Bertz CT molecular complexity index is 648. The predicted molar refractivity (Wildman–Crippen MR) is 91.0 cm³/mol. The number of hydrogen-bond acceptors (Lipinski definition) is 3. The zero-order valence-corrected chi connectivity index (χ0v) is 13.4. The molecule has 1 heterocycles. The Labute approximate surface area is 130 Å². The van der Waals surface area contributed by atoms with Gasteiger partial charge in [-0.1, -0.05) is 23.8 Å². The minimum atomic E-state index is 0.276. The number of hydrogen-bond donors (Lipinski definition) is 1. The highest BCUT2D eigenvalue weighted by Crippen LogP contribution is 2.31. The summed E-state index contributed by atoms with van der Waals surface area (Å²) in [4.78, 5) is 1.18. The Hall–Kier alpha value is -2.00. The molecule has 0 aliphatic carbocycles. The number of phenolic OH excluding ortho intramolecular Hbond substituents is 1. The van der Waals surface area contributed by atoms with Crippen molar-refractivity contribution >= 4 is 23.5 Å². The summed E-state index contributed by atoms with van der Waals surface area (Å²) < 4.78 is 5.42. The first-order valence-electron chi connectivity index (χ1n) is 6.85. The van der Waals surface area contributed by atoms with Gasteiger partial charge in [-0.15, -0.1) is 11.3 Å². The van der Waals surface area contributed by atoms with Crippen LogP contribution in [0.2, 0.25) is 0 Å². The average molecular weight is 300 g/mol. The van der Waals surface area contributed by atoms with Gasteiger partial charge in [-0.2, -0.15) is 0 Å². The molecule has 0 radical (unpaired) electrons. The molecule has 0 aliphatic heterocycles. The fraction of sp³-hybridized carbons (Fsp3) is 0.222. The Morgan fingerprint density at radius 1 is 1.29 bits per heavy atom. The van der Waals surface area contributed by atoms with Gasteiger partial charge in [0.05, 0.1) is 7.11 Å². The van der Waals surface area contributed by atoms with Crippen LogP contribution >= 0.6 is 11.3 Å². The fourth-order valence-electron chi connectivity index (χ4n) is 2.01. The van der Waals surface area contributed by atoms with Crippen LogP contribution in [0.4, 0.5) is 0 Å². The zero-order valence-electron chi connectivity index (χ0n) is 12.6. The van der Waals surface area contributed by atoms with Crippen molar-refractivity contribution in [2.24, 2.45) is 0 Å². The van der Waals surface area contributed by atoms with Crippen LogP contribution in [0.3, 0.4) is 0 Å². The zero-order chi connectivity index (χ0) is 15.2. The monoisotopic (exact) mass is 300 g/mol. The molecule has 0 bridgehead atoms. The molecule has 0 aliphatic rings. The van der Waals surface area contributed by atoms with Gasteiger partial charge in [-0.05, 0) is 55.5 Å². The lowest BCUT2D eigenvalue weighted by Gasteiger charge is -2.10. The lowest BCUT2D eigenvalue weighted by atomic mass is 10.0. The van der Waals surface area contributed by atoms with Crippen molar-refractivity contribution in [1.82, 2.24) is 0 Å². The van der Waals surface area contributed by atoms with E-state index < -0.39 is 0 Å². The molecule has 2 nitrogen and oxygen atoms in total. The smallest absolute Gasteiger partial charge is 0.126 e. The first-order valence-corrected chi connectivity index (χ1v) is 7.73. The Kier molecular flexibility index (Phi) is 5.23. The van der Waals surface area contributed by atoms with E-state index in [4.69, 9.17) is 4.74 Å². The van der Waals surface area contributed by atoms with Crippen molar-refractivity contribution in [3.05, 3.63) is 57.3 Å².